The molecule has 196 valence electrons. The van der Waals surface area contributed by atoms with Gasteiger partial charge in [0.05, 0.1) is 10.5 Å². The van der Waals surface area contributed by atoms with E-state index in [0.29, 0.717) is 22.8 Å². The highest BCUT2D eigenvalue weighted by Crippen LogP contribution is 2.38. The van der Waals surface area contributed by atoms with E-state index in [0.717, 1.165) is 17.9 Å². The van der Waals surface area contributed by atoms with Crippen LogP contribution in [0.1, 0.15) is 11.3 Å². The maximum absolute atomic E-state index is 13.9. The smallest absolute Gasteiger partial charge is 0.299 e. The van der Waals surface area contributed by atoms with Crippen LogP contribution >= 0.6 is 12.6 Å². The number of alkyl halides is 3. The Morgan fingerprint density at radius 1 is 0.974 bits per heavy atom. The Bertz CT molecular complexity index is 1650. The summed E-state index contributed by atoms with van der Waals surface area (Å²) in [5.74, 6) is 0.391. The first kappa shape index (κ1) is 26.0. The zero-order valence-corrected chi connectivity index (χ0v) is 21.8. The number of hydroxylamine groups is 2. The summed E-state index contributed by atoms with van der Waals surface area (Å²) in [6.07, 6.45) is -1.87. The lowest BCUT2D eigenvalue weighted by molar-refractivity contribution is -0.137. The molecule has 7 nitrogen and oxygen atoms in total. The second-order valence-corrected chi connectivity index (χ2v) is 11.0. The van der Waals surface area contributed by atoms with Crippen LogP contribution in [0.2, 0.25) is 0 Å². The van der Waals surface area contributed by atoms with Gasteiger partial charge in [-0.1, -0.05) is 42.5 Å². The highest BCUT2D eigenvalue weighted by molar-refractivity contribution is 7.90. The standard InChI is InChI=1S/C26H21F3N4O3S2/c1-32-24(31-25(37)36-32)22-15-33(23(30-22)20-8-3-4-9-21(20)26(27,28)29)18-12-10-16(11-13-18)17-6-5-7-19(14-17)38(2,34)35/h3-15,25,37H,1-2H3. The second kappa shape index (κ2) is 9.61. The Morgan fingerprint density at radius 2 is 1.68 bits per heavy atom. The molecule has 0 fully saturated rings. The van der Waals surface area contributed by atoms with Crippen LogP contribution in [0.4, 0.5) is 13.2 Å². The van der Waals surface area contributed by atoms with Crippen LogP contribution in [-0.2, 0) is 20.9 Å². The van der Waals surface area contributed by atoms with Gasteiger partial charge in [-0.05, 0) is 41.5 Å². The van der Waals surface area contributed by atoms with Crippen molar-refractivity contribution in [2.75, 3.05) is 13.3 Å². The summed E-state index contributed by atoms with van der Waals surface area (Å²) >= 11 is 4.19. The molecular weight excluding hydrogens is 537 g/mol. The molecule has 0 aliphatic carbocycles. The second-order valence-electron chi connectivity index (χ2n) is 8.59. The molecule has 1 aliphatic rings. The third-order valence-corrected chi connectivity index (χ3v) is 7.25. The summed E-state index contributed by atoms with van der Waals surface area (Å²) in [5, 5.41) is 1.36. The predicted molar refractivity (Wildman–Crippen MR) is 141 cm³/mol. The molecule has 1 unspecified atom stereocenters. The van der Waals surface area contributed by atoms with Gasteiger partial charge in [-0.15, -0.1) is 12.6 Å². The molecule has 0 spiro atoms. The first-order valence-corrected chi connectivity index (χ1v) is 13.7. The van der Waals surface area contributed by atoms with Crippen molar-refractivity contribution in [2.24, 2.45) is 4.99 Å². The van der Waals surface area contributed by atoms with E-state index in [1.807, 2.05) is 0 Å². The van der Waals surface area contributed by atoms with Crippen molar-refractivity contribution in [1.82, 2.24) is 14.6 Å². The molecule has 1 aromatic heterocycles. The number of halogens is 3. The van der Waals surface area contributed by atoms with Gasteiger partial charge >= 0.3 is 6.18 Å². The van der Waals surface area contributed by atoms with Gasteiger partial charge in [0.15, 0.2) is 15.7 Å². The fraction of sp³-hybridized carbons (Fsp3) is 0.154. The quantitative estimate of drug-likeness (QED) is 0.329. The summed E-state index contributed by atoms with van der Waals surface area (Å²) in [7, 11) is -1.78. The molecule has 5 rings (SSSR count). The lowest BCUT2D eigenvalue weighted by Crippen LogP contribution is -2.22. The van der Waals surface area contributed by atoms with Gasteiger partial charge in [-0.3, -0.25) is 4.57 Å². The molecule has 0 bridgehead atoms. The number of rotatable bonds is 5. The van der Waals surface area contributed by atoms with Crippen molar-refractivity contribution in [1.29, 1.82) is 0 Å². The van der Waals surface area contributed by atoms with E-state index in [4.69, 9.17) is 4.84 Å². The summed E-state index contributed by atoms with van der Waals surface area (Å²) < 4.78 is 67.2. The molecule has 1 atom stereocenters. The van der Waals surface area contributed by atoms with E-state index in [2.05, 4.69) is 22.6 Å². The topological polar surface area (TPSA) is 76.8 Å². The Balaban J connectivity index is 1.63. The van der Waals surface area contributed by atoms with Gasteiger partial charge in [0, 0.05) is 30.8 Å². The summed E-state index contributed by atoms with van der Waals surface area (Å²) in [5.41, 5.74) is 0.603. The molecule has 3 aromatic carbocycles. The van der Waals surface area contributed by atoms with E-state index < -0.39 is 27.1 Å². The molecule has 0 saturated carbocycles. The number of hydrogen-bond acceptors (Lipinski definition) is 7. The largest absolute Gasteiger partial charge is 0.417 e. The Labute approximate surface area is 222 Å². The van der Waals surface area contributed by atoms with Crippen LogP contribution < -0.4 is 0 Å². The fourth-order valence-electron chi connectivity index (χ4n) is 4.15. The molecular formula is C26H21F3N4O3S2. The normalized spacial score (nSPS) is 16.1. The van der Waals surface area contributed by atoms with Gasteiger partial charge in [0.1, 0.15) is 11.5 Å². The highest BCUT2D eigenvalue weighted by Gasteiger charge is 2.35. The minimum atomic E-state index is -4.59. The van der Waals surface area contributed by atoms with Crippen molar-refractivity contribution in [3.8, 4) is 28.2 Å². The first-order chi connectivity index (χ1) is 17.9. The van der Waals surface area contributed by atoms with E-state index in [9.17, 15) is 21.6 Å². The molecule has 2 heterocycles. The SMILES string of the molecule is CN1OC(S)N=C1c1cn(-c2ccc(-c3cccc(S(C)(=O)=O)c3)cc2)c(-c2ccccc2C(F)(F)F)n1. The van der Waals surface area contributed by atoms with E-state index in [-0.39, 0.29) is 16.3 Å². The van der Waals surface area contributed by atoms with E-state index >= 15 is 0 Å². The number of nitrogens with zero attached hydrogens (tertiary/aromatic N) is 4. The highest BCUT2D eigenvalue weighted by atomic mass is 32.2. The molecule has 0 saturated heterocycles. The average molecular weight is 559 g/mol. The summed E-state index contributed by atoms with van der Waals surface area (Å²) in [6, 6.07) is 18.8. The van der Waals surface area contributed by atoms with Crippen molar-refractivity contribution in [3.63, 3.8) is 0 Å². The number of thiol groups is 1. The number of benzene rings is 3. The number of aromatic nitrogens is 2. The summed E-state index contributed by atoms with van der Waals surface area (Å²) in [6.45, 7) is 0. The zero-order valence-electron chi connectivity index (χ0n) is 20.1. The predicted octanol–water partition coefficient (Wildman–Crippen LogP) is 5.47. The summed E-state index contributed by atoms with van der Waals surface area (Å²) in [4.78, 5) is 14.4. The van der Waals surface area contributed by atoms with Gasteiger partial charge in [-0.25, -0.2) is 28.3 Å². The first-order valence-electron chi connectivity index (χ1n) is 11.3. The molecule has 0 N–H and O–H groups in total. The van der Waals surface area contributed by atoms with Crippen LogP contribution in [-0.4, -0.2) is 47.7 Å². The molecule has 12 heteroatoms. The van der Waals surface area contributed by atoms with Gasteiger partial charge in [-0.2, -0.15) is 13.2 Å². The van der Waals surface area contributed by atoms with Gasteiger partial charge in [0.2, 0.25) is 5.56 Å². The van der Waals surface area contributed by atoms with Crippen molar-refractivity contribution in [2.45, 2.75) is 16.6 Å². The molecule has 1 aliphatic heterocycles. The minimum absolute atomic E-state index is 0.0680. The monoisotopic (exact) mass is 558 g/mol. The maximum atomic E-state index is 13.9. The van der Waals surface area contributed by atoms with Gasteiger partial charge < -0.3 is 0 Å². The molecule has 0 amide bonds. The molecule has 4 aromatic rings. The number of hydrogen-bond donors (Lipinski definition) is 1. The van der Waals surface area contributed by atoms with Crippen LogP contribution in [0.3, 0.4) is 0 Å². The molecule has 0 radical (unpaired) electrons. The average Bonchev–Trinajstić information content (AvgIpc) is 3.46. The Kier molecular flexibility index (Phi) is 6.58. The third-order valence-electron chi connectivity index (χ3n) is 5.93. The Morgan fingerprint density at radius 3 is 2.32 bits per heavy atom. The Hall–Kier alpha value is -3.61. The van der Waals surface area contributed by atoms with E-state index in [1.165, 1.54) is 29.3 Å². The van der Waals surface area contributed by atoms with Crippen molar-refractivity contribution < 1.29 is 26.4 Å². The molecule has 38 heavy (non-hydrogen) atoms. The van der Waals surface area contributed by atoms with Crippen LogP contribution in [0.25, 0.3) is 28.2 Å². The third kappa shape index (κ3) is 5.06. The van der Waals surface area contributed by atoms with Crippen LogP contribution in [0.5, 0.6) is 0 Å². The van der Waals surface area contributed by atoms with Crippen LogP contribution in [0.15, 0.2) is 88.9 Å². The van der Waals surface area contributed by atoms with Gasteiger partial charge in [0.25, 0.3) is 0 Å². The number of amidine groups is 1. The number of imidazole rings is 1. The minimum Gasteiger partial charge on any atom is -0.299 e. The lowest BCUT2D eigenvalue weighted by atomic mass is 10.0. The van der Waals surface area contributed by atoms with E-state index in [1.54, 1.807) is 60.3 Å². The van der Waals surface area contributed by atoms with Crippen molar-refractivity contribution >= 4 is 28.3 Å². The fourth-order valence-corrected chi connectivity index (χ4v) is 5.07. The van der Waals surface area contributed by atoms with Crippen LogP contribution in [0, 0.1) is 0 Å². The lowest BCUT2D eigenvalue weighted by Gasteiger charge is -2.14. The number of aliphatic imine (C=N–C) groups is 1. The number of sulfone groups is 1. The zero-order chi connectivity index (χ0) is 27.2. The van der Waals surface area contributed by atoms with Crippen molar-refractivity contribution in [3.05, 3.63) is 90.3 Å². The maximum Gasteiger partial charge on any atom is 0.417 e.